The fourth-order valence-corrected chi connectivity index (χ4v) is 2.45. The number of rotatable bonds is 7. The maximum absolute atomic E-state index is 12.5. The molecule has 2 N–H and O–H groups in total. The van der Waals surface area contributed by atoms with E-state index in [1.807, 2.05) is 6.92 Å². The van der Waals surface area contributed by atoms with E-state index in [-0.39, 0.29) is 11.5 Å². The van der Waals surface area contributed by atoms with Crippen LogP contribution < -0.4 is 10.1 Å². The Hall–Kier alpha value is -2.89. The van der Waals surface area contributed by atoms with Crippen LogP contribution in [0, 0.1) is 5.92 Å². The average Bonchev–Trinajstić information content (AvgIpc) is 3.44. The molecule has 0 unspecified atom stereocenters. The van der Waals surface area contributed by atoms with Crippen molar-refractivity contribution in [1.29, 1.82) is 0 Å². The van der Waals surface area contributed by atoms with E-state index in [1.165, 1.54) is 31.2 Å². The number of aromatic nitrogens is 1. The van der Waals surface area contributed by atoms with Crippen LogP contribution in [0.5, 0.6) is 5.75 Å². The minimum Gasteiger partial charge on any atom is -0.492 e. The van der Waals surface area contributed by atoms with E-state index in [2.05, 4.69) is 10.3 Å². The summed E-state index contributed by atoms with van der Waals surface area (Å²) in [4.78, 5) is 27.7. The third-order valence-corrected chi connectivity index (χ3v) is 4.14. The van der Waals surface area contributed by atoms with Crippen LogP contribution >= 0.6 is 0 Å². The molecule has 0 bridgehead atoms. The first-order valence-corrected chi connectivity index (χ1v) is 8.32. The van der Waals surface area contributed by atoms with Gasteiger partial charge in [-0.25, -0.2) is 4.79 Å². The average molecular weight is 340 g/mol. The van der Waals surface area contributed by atoms with Crippen molar-refractivity contribution < 1.29 is 19.4 Å². The fourth-order valence-electron chi connectivity index (χ4n) is 2.45. The van der Waals surface area contributed by atoms with Gasteiger partial charge in [-0.15, -0.1) is 0 Å². The van der Waals surface area contributed by atoms with E-state index >= 15 is 0 Å². The lowest BCUT2D eigenvalue weighted by Gasteiger charge is -2.12. The second kappa shape index (κ2) is 7.34. The molecule has 1 aromatic carbocycles. The number of ether oxygens (including phenoxy) is 1. The maximum Gasteiger partial charge on any atom is 0.335 e. The number of aromatic carboxylic acids is 1. The van der Waals surface area contributed by atoms with Crippen LogP contribution in [0.25, 0.3) is 0 Å². The molecule has 0 spiro atoms. The van der Waals surface area contributed by atoms with Gasteiger partial charge in [-0.2, -0.15) is 0 Å². The number of aryl methyl sites for hydroxylation is 1. The Morgan fingerprint density at radius 2 is 2.04 bits per heavy atom. The molecule has 0 aliphatic heterocycles. The maximum atomic E-state index is 12.5. The Morgan fingerprint density at radius 3 is 2.72 bits per heavy atom. The van der Waals surface area contributed by atoms with Crippen LogP contribution in [-0.2, 0) is 6.42 Å². The molecule has 6 heteroatoms. The zero-order chi connectivity index (χ0) is 17.8. The molecule has 25 heavy (non-hydrogen) atoms. The molecule has 6 nitrogen and oxygen atoms in total. The van der Waals surface area contributed by atoms with E-state index in [4.69, 9.17) is 9.84 Å². The molecular weight excluding hydrogens is 320 g/mol. The summed E-state index contributed by atoms with van der Waals surface area (Å²) >= 11 is 0. The highest BCUT2D eigenvalue weighted by molar-refractivity contribution is 6.05. The highest BCUT2D eigenvalue weighted by Gasteiger charge is 2.22. The van der Waals surface area contributed by atoms with Crippen molar-refractivity contribution in [3.05, 3.63) is 53.3 Å². The number of carbonyl (C=O) groups is 2. The zero-order valence-corrected chi connectivity index (χ0v) is 14.0. The third kappa shape index (κ3) is 4.35. The van der Waals surface area contributed by atoms with Crippen molar-refractivity contribution in [2.24, 2.45) is 5.92 Å². The minimum atomic E-state index is -1.03. The number of hydrogen-bond acceptors (Lipinski definition) is 4. The predicted molar refractivity (Wildman–Crippen MR) is 93.2 cm³/mol. The summed E-state index contributed by atoms with van der Waals surface area (Å²) in [5.41, 5.74) is 1.87. The van der Waals surface area contributed by atoms with Gasteiger partial charge in [0.1, 0.15) is 5.75 Å². The first-order chi connectivity index (χ1) is 12.1. The van der Waals surface area contributed by atoms with Gasteiger partial charge >= 0.3 is 5.97 Å². The first-order valence-electron chi connectivity index (χ1n) is 8.32. The van der Waals surface area contributed by atoms with E-state index in [0.29, 0.717) is 35.9 Å². The molecule has 1 fully saturated rings. The third-order valence-electron chi connectivity index (χ3n) is 4.14. The second-order valence-corrected chi connectivity index (χ2v) is 6.15. The van der Waals surface area contributed by atoms with Gasteiger partial charge in [-0.3, -0.25) is 9.78 Å². The largest absolute Gasteiger partial charge is 0.492 e. The number of carboxylic acids is 1. The molecule has 1 aromatic heterocycles. The minimum absolute atomic E-state index is 0.132. The molecule has 0 saturated heterocycles. The van der Waals surface area contributed by atoms with Gasteiger partial charge in [0.05, 0.1) is 23.9 Å². The molecule has 0 atom stereocenters. The quantitative estimate of drug-likeness (QED) is 0.806. The summed E-state index contributed by atoms with van der Waals surface area (Å²) in [5.74, 6) is -0.199. The lowest BCUT2D eigenvalue weighted by atomic mass is 10.1. The summed E-state index contributed by atoms with van der Waals surface area (Å²) in [6.45, 7) is 2.59. The Balaban J connectivity index is 1.76. The molecule has 3 rings (SSSR count). The smallest absolute Gasteiger partial charge is 0.335 e. The van der Waals surface area contributed by atoms with Crippen LogP contribution in [0.4, 0.5) is 5.69 Å². The molecule has 1 aliphatic carbocycles. The predicted octanol–water partition coefficient (Wildman–Crippen LogP) is 3.38. The van der Waals surface area contributed by atoms with Gasteiger partial charge in [0, 0.05) is 11.9 Å². The van der Waals surface area contributed by atoms with Crippen LogP contribution in [0.1, 0.15) is 46.0 Å². The van der Waals surface area contributed by atoms with E-state index in [0.717, 1.165) is 5.56 Å². The molecule has 1 amide bonds. The Bertz CT molecular complexity index is 800. The Morgan fingerprint density at radius 1 is 1.24 bits per heavy atom. The van der Waals surface area contributed by atoms with Crippen LogP contribution in [0.2, 0.25) is 0 Å². The van der Waals surface area contributed by atoms with Crippen molar-refractivity contribution in [3.63, 3.8) is 0 Å². The number of benzene rings is 1. The van der Waals surface area contributed by atoms with E-state index in [9.17, 15) is 9.59 Å². The Kier molecular flexibility index (Phi) is 4.97. The number of carboxylic acid groups (broad SMARTS) is 1. The second-order valence-electron chi connectivity index (χ2n) is 6.15. The normalized spacial score (nSPS) is 13.3. The summed E-state index contributed by atoms with van der Waals surface area (Å²) < 4.78 is 5.65. The molecule has 0 radical (unpaired) electrons. The van der Waals surface area contributed by atoms with Crippen molar-refractivity contribution in [2.45, 2.75) is 26.2 Å². The van der Waals surface area contributed by atoms with Crippen molar-refractivity contribution in [1.82, 2.24) is 4.98 Å². The van der Waals surface area contributed by atoms with Crippen molar-refractivity contribution in [3.8, 4) is 5.75 Å². The van der Waals surface area contributed by atoms with Crippen molar-refractivity contribution >= 4 is 17.6 Å². The van der Waals surface area contributed by atoms with Crippen molar-refractivity contribution in [2.75, 3.05) is 11.9 Å². The number of nitrogens with zero attached hydrogens (tertiary/aromatic N) is 1. The van der Waals surface area contributed by atoms with Gasteiger partial charge in [-0.1, -0.05) is 13.0 Å². The summed E-state index contributed by atoms with van der Waals surface area (Å²) in [6.07, 6.45) is 6.10. The van der Waals surface area contributed by atoms with E-state index < -0.39 is 5.97 Å². The first kappa shape index (κ1) is 17.0. The molecule has 1 saturated carbocycles. The molecule has 2 aromatic rings. The molecular formula is C19H20N2O4. The highest BCUT2D eigenvalue weighted by atomic mass is 16.5. The molecule has 1 heterocycles. The Labute approximate surface area is 145 Å². The van der Waals surface area contributed by atoms with Gasteiger partial charge < -0.3 is 15.2 Å². The lowest BCUT2D eigenvalue weighted by molar-refractivity contribution is 0.0696. The topological polar surface area (TPSA) is 88.5 Å². The standard InChI is InChI=1S/C19H20N2O4/c1-2-13-5-6-14(19(23)24)8-17(13)21-18(22)15-7-16(10-20-9-15)25-11-12-3-4-12/h5-10,12H,2-4,11H2,1H3,(H,21,22)(H,23,24). The zero-order valence-electron chi connectivity index (χ0n) is 14.0. The lowest BCUT2D eigenvalue weighted by Crippen LogP contribution is -2.14. The number of hydrogen-bond donors (Lipinski definition) is 2. The number of nitrogens with one attached hydrogen (secondary N) is 1. The van der Waals surface area contributed by atoms with Crippen LogP contribution in [-0.4, -0.2) is 28.6 Å². The van der Waals surface area contributed by atoms with Gasteiger partial charge in [0.25, 0.3) is 5.91 Å². The summed E-state index contributed by atoms with van der Waals surface area (Å²) in [5, 5.41) is 11.9. The number of anilines is 1. The van der Waals surface area contributed by atoms with Gasteiger partial charge in [-0.05, 0) is 48.9 Å². The summed E-state index contributed by atoms with van der Waals surface area (Å²) in [7, 11) is 0. The van der Waals surface area contributed by atoms with Gasteiger partial charge in [0.2, 0.25) is 0 Å². The fraction of sp³-hybridized carbons (Fsp3) is 0.316. The molecule has 130 valence electrons. The monoisotopic (exact) mass is 340 g/mol. The summed E-state index contributed by atoms with van der Waals surface area (Å²) in [6, 6.07) is 6.37. The number of amides is 1. The van der Waals surface area contributed by atoms with E-state index in [1.54, 1.807) is 18.3 Å². The highest BCUT2D eigenvalue weighted by Crippen LogP contribution is 2.29. The van der Waals surface area contributed by atoms with Crippen LogP contribution in [0.15, 0.2) is 36.7 Å². The number of carbonyl (C=O) groups excluding carboxylic acids is 1. The van der Waals surface area contributed by atoms with Crippen LogP contribution in [0.3, 0.4) is 0 Å². The molecule has 1 aliphatic rings. The number of pyridine rings is 1. The SMILES string of the molecule is CCc1ccc(C(=O)O)cc1NC(=O)c1cncc(OCC2CC2)c1. The van der Waals surface area contributed by atoms with Gasteiger partial charge in [0.15, 0.2) is 0 Å².